The molecule has 0 aliphatic heterocycles. The van der Waals surface area contributed by atoms with Crippen molar-refractivity contribution in [3.8, 4) is 0 Å². The Bertz CT molecular complexity index is 1250. The molecule has 0 aromatic rings. The molecule has 1 N–H and O–H groups in total. The Morgan fingerprint density at radius 2 is 0.862 bits per heavy atom. The van der Waals surface area contributed by atoms with Crippen molar-refractivity contribution in [3.63, 3.8) is 0 Å². The van der Waals surface area contributed by atoms with Gasteiger partial charge in [0, 0.05) is 6.42 Å². The van der Waals surface area contributed by atoms with Crippen LogP contribution in [0.1, 0.15) is 219 Å². The van der Waals surface area contributed by atoms with Crippen molar-refractivity contribution in [3.05, 3.63) is 60.8 Å². The molecule has 2 atom stereocenters. The minimum atomic E-state index is -1.53. The number of rotatable bonds is 48. The molecule has 0 aromatic heterocycles. The Hall–Kier alpha value is -3.01. The highest BCUT2D eigenvalue weighted by atomic mass is 16.7. The molecule has 2 unspecified atom stereocenters. The largest absolute Gasteiger partial charge is 0.477 e. The Labute approximate surface area is 399 Å². The van der Waals surface area contributed by atoms with E-state index in [0.29, 0.717) is 17.4 Å². The smallest absolute Gasteiger partial charge is 0.361 e. The Morgan fingerprint density at radius 1 is 0.477 bits per heavy atom. The summed E-state index contributed by atoms with van der Waals surface area (Å²) in [5.41, 5.74) is 0. The number of hydrogen-bond donors (Lipinski definition) is 1. The molecule has 376 valence electrons. The summed E-state index contributed by atoms with van der Waals surface area (Å²) in [4.78, 5) is 37.2. The summed E-state index contributed by atoms with van der Waals surface area (Å²) in [5, 5.41) is 9.66. The first kappa shape index (κ1) is 62.0. The third-order valence-corrected chi connectivity index (χ3v) is 11.3. The number of carboxylic acid groups (broad SMARTS) is 1. The zero-order valence-corrected chi connectivity index (χ0v) is 42.6. The predicted octanol–water partition coefficient (Wildman–Crippen LogP) is 14.9. The third kappa shape index (κ3) is 48.7. The number of carboxylic acids is 1. The number of quaternary nitrogens is 1. The van der Waals surface area contributed by atoms with Crippen molar-refractivity contribution in [2.75, 3.05) is 47.5 Å². The minimum Gasteiger partial charge on any atom is -0.477 e. The molecule has 0 saturated heterocycles. The molecule has 0 amide bonds. The maximum absolute atomic E-state index is 12.7. The van der Waals surface area contributed by atoms with Gasteiger partial charge in [-0.1, -0.05) is 229 Å². The van der Waals surface area contributed by atoms with Crippen LogP contribution in [0.5, 0.6) is 0 Å². The average Bonchev–Trinajstić information content (AvgIpc) is 3.27. The fourth-order valence-corrected chi connectivity index (χ4v) is 7.27. The van der Waals surface area contributed by atoms with Gasteiger partial charge in [0.1, 0.15) is 13.2 Å². The highest BCUT2D eigenvalue weighted by molar-refractivity contribution is 5.72. The van der Waals surface area contributed by atoms with Gasteiger partial charge in [0.2, 0.25) is 0 Å². The summed E-state index contributed by atoms with van der Waals surface area (Å²) in [6, 6.07) is 0. The first-order valence-electron chi connectivity index (χ1n) is 26.5. The molecule has 9 nitrogen and oxygen atoms in total. The number of carbonyl (C=O) groups is 3. The molecule has 65 heavy (non-hydrogen) atoms. The summed E-state index contributed by atoms with van der Waals surface area (Å²) >= 11 is 0. The van der Waals surface area contributed by atoms with Gasteiger partial charge in [-0.25, -0.2) is 4.79 Å². The van der Waals surface area contributed by atoms with Crippen LogP contribution >= 0.6 is 0 Å². The number of likely N-dealkylation sites (N-methyl/N-ethyl adjacent to an activating group) is 1. The first-order valence-corrected chi connectivity index (χ1v) is 26.5. The van der Waals surface area contributed by atoms with Crippen LogP contribution in [0.25, 0.3) is 0 Å². The van der Waals surface area contributed by atoms with Gasteiger partial charge in [-0.05, 0) is 38.5 Å². The highest BCUT2D eigenvalue weighted by Crippen LogP contribution is 2.16. The van der Waals surface area contributed by atoms with Crippen LogP contribution in [0.2, 0.25) is 0 Å². The molecule has 0 aliphatic carbocycles. The van der Waals surface area contributed by atoms with Crippen LogP contribution in [-0.4, -0.2) is 87.4 Å². The second kappa shape index (κ2) is 47.5. The van der Waals surface area contributed by atoms with Crippen LogP contribution in [0, 0.1) is 0 Å². The lowest BCUT2D eigenvalue weighted by molar-refractivity contribution is -0.870. The molecule has 0 radical (unpaired) electrons. The number of hydrogen-bond acceptors (Lipinski definition) is 7. The zero-order chi connectivity index (χ0) is 47.7. The standard InChI is InChI=1S/C56H99NO8/c1-6-8-10-12-14-16-18-20-22-23-24-25-26-27-28-29-30-31-33-34-36-38-40-42-44-46-53(58)63-50-52(51-64-56(55(60)61)62-49-48-57(3,4)5)65-54(59)47-45-43-41-39-37-35-32-21-19-17-15-13-11-9-7-2/h9,11,15,17,21,32,37,39,43,45,52,56H,6-8,10,12-14,16,18-20,22-31,33-36,38,40-42,44,46-51H2,1-5H3/p+1/b11-9-,17-15-,32-21-,39-37-,45-43-. The van der Waals surface area contributed by atoms with E-state index in [2.05, 4.69) is 56.4 Å². The molecular formula is C56H100NO8+. The Balaban J connectivity index is 4.29. The first-order chi connectivity index (χ1) is 31.6. The summed E-state index contributed by atoms with van der Waals surface area (Å²) in [5.74, 6) is -2.17. The lowest BCUT2D eigenvalue weighted by Gasteiger charge is -2.25. The summed E-state index contributed by atoms with van der Waals surface area (Å²) < 4.78 is 22.7. The number of aliphatic carboxylic acids is 1. The molecule has 0 aromatic carbocycles. The van der Waals surface area contributed by atoms with Crippen LogP contribution in [-0.2, 0) is 33.3 Å². The Morgan fingerprint density at radius 3 is 1.25 bits per heavy atom. The third-order valence-electron chi connectivity index (χ3n) is 11.3. The zero-order valence-electron chi connectivity index (χ0n) is 42.6. The molecule has 9 heteroatoms. The summed E-state index contributed by atoms with van der Waals surface area (Å²) in [6.07, 6.45) is 56.2. The van der Waals surface area contributed by atoms with E-state index in [4.69, 9.17) is 18.9 Å². The molecular weight excluding hydrogens is 815 g/mol. The second-order valence-electron chi connectivity index (χ2n) is 18.8. The van der Waals surface area contributed by atoms with E-state index in [-0.39, 0.29) is 38.6 Å². The van der Waals surface area contributed by atoms with E-state index in [1.165, 1.54) is 141 Å². The predicted molar refractivity (Wildman–Crippen MR) is 272 cm³/mol. The number of ether oxygens (including phenoxy) is 4. The van der Waals surface area contributed by atoms with Crippen molar-refractivity contribution in [2.45, 2.75) is 232 Å². The van der Waals surface area contributed by atoms with Crippen molar-refractivity contribution in [1.82, 2.24) is 0 Å². The number of allylic oxidation sites excluding steroid dienone is 9. The molecule has 0 rings (SSSR count). The van der Waals surface area contributed by atoms with Gasteiger partial charge in [-0.2, -0.15) is 0 Å². The van der Waals surface area contributed by atoms with Gasteiger partial charge < -0.3 is 28.5 Å². The van der Waals surface area contributed by atoms with Gasteiger partial charge in [-0.3, -0.25) is 9.59 Å². The van der Waals surface area contributed by atoms with Gasteiger partial charge in [0.15, 0.2) is 6.10 Å². The molecule has 0 spiro atoms. The van der Waals surface area contributed by atoms with Crippen LogP contribution < -0.4 is 0 Å². The fourth-order valence-electron chi connectivity index (χ4n) is 7.27. The van der Waals surface area contributed by atoms with Crippen molar-refractivity contribution in [1.29, 1.82) is 0 Å². The van der Waals surface area contributed by atoms with E-state index < -0.39 is 24.3 Å². The van der Waals surface area contributed by atoms with Crippen molar-refractivity contribution in [2.24, 2.45) is 0 Å². The number of carbonyl (C=O) groups excluding carboxylic acids is 2. The lowest BCUT2D eigenvalue weighted by atomic mass is 10.0. The topological polar surface area (TPSA) is 108 Å². The quantitative estimate of drug-likeness (QED) is 0.0211. The summed E-state index contributed by atoms with van der Waals surface area (Å²) in [6.45, 7) is 4.66. The Kier molecular flexibility index (Phi) is 45.3. The fraction of sp³-hybridized carbons (Fsp3) is 0.768. The molecule has 0 saturated carbocycles. The maximum Gasteiger partial charge on any atom is 0.361 e. The number of unbranched alkanes of at least 4 members (excludes halogenated alkanes) is 24. The minimum absolute atomic E-state index is 0.0277. The van der Waals surface area contributed by atoms with Crippen LogP contribution in [0.15, 0.2) is 60.8 Å². The van der Waals surface area contributed by atoms with Gasteiger partial charge in [0.25, 0.3) is 6.29 Å². The molecule has 0 fully saturated rings. The van der Waals surface area contributed by atoms with Gasteiger partial charge in [-0.15, -0.1) is 0 Å². The second-order valence-corrected chi connectivity index (χ2v) is 18.8. The van der Waals surface area contributed by atoms with Gasteiger partial charge >= 0.3 is 17.9 Å². The van der Waals surface area contributed by atoms with Crippen LogP contribution in [0.4, 0.5) is 0 Å². The van der Waals surface area contributed by atoms with Crippen molar-refractivity contribution < 1.29 is 42.9 Å². The number of nitrogens with zero attached hydrogens (tertiary/aromatic N) is 1. The van der Waals surface area contributed by atoms with E-state index in [1.54, 1.807) is 6.08 Å². The monoisotopic (exact) mass is 915 g/mol. The summed E-state index contributed by atoms with van der Waals surface area (Å²) in [7, 11) is 5.93. The average molecular weight is 915 g/mol. The van der Waals surface area contributed by atoms with Crippen LogP contribution in [0.3, 0.4) is 0 Å². The maximum atomic E-state index is 12.7. The van der Waals surface area contributed by atoms with E-state index in [1.807, 2.05) is 33.3 Å². The lowest BCUT2D eigenvalue weighted by Crippen LogP contribution is -2.40. The van der Waals surface area contributed by atoms with Crippen molar-refractivity contribution >= 4 is 17.9 Å². The molecule has 0 aliphatic rings. The normalized spacial score (nSPS) is 13.3. The molecule has 0 heterocycles. The van der Waals surface area contributed by atoms with E-state index in [0.717, 1.165) is 44.9 Å². The van der Waals surface area contributed by atoms with Gasteiger partial charge in [0.05, 0.1) is 40.8 Å². The SMILES string of the molecule is CC/C=C\C/C=C\C/C=C\C/C=C\C/C=C\CC(=O)OC(COC(=O)CCCCCCCCCCCCCCCCCCCCCCCCCCC)COC(OCC[N+](C)(C)C)C(=O)O. The molecule has 0 bridgehead atoms. The van der Waals surface area contributed by atoms with E-state index >= 15 is 0 Å². The van der Waals surface area contributed by atoms with E-state index in [9.17, 15) is 19.5 Å². The highest BCUT2D eigenvalue weighted by Gasteiger charge is 2.25. The number of esters is 2.